The van der Waals surface area contributed by atoms with Gasteiger partial charge >= 0.3 is 5.97 Å². The second-order valence-electron chi connectivity index (χ2n) is 4.65. The average molecular weight is 307 g/mol. The molecule has 0 fully saturated rings. The highest BCUT2D eigenvalue weighted by molar-refractivity contribution is 6.30. The van der Waals surface area contributed by atoms with Crippen LogP contribution in [0.15, 0.2) is 42.5 Å². The van der Waals surface area contributed by atoms with Crippen molar-refractivity contribution in [2.75, 3.05) is 0 Å². The first-order valence-electron chi connectivity index (χ1n) is 6.40. The third-order valence-electron chi connectivity index (χ3n) is 3.02. The molecule has 0 aliphatic rings. The van der Waals surface area contributed by atoms with E-state index in [0.717, 1.165) is 5.56 Å². The molecule has 0 bridgehead atoms. The van der Waals surface area contributed by atoms with Gasteiger partial charge in [0.2, 0.25) is 0 Å². The number of halogens is 1. The van der Waals surface area contributed by atoms with Gasteiger partial charge in [-0.25, -0.2) is 4.79 Å². The van der Waals surface area contributed by atoms with Gasteiger partial charge in [0.05, 0.1) is 11.7 Å². The van der Waals surface area contributed by atoms with E-state index < -0.39 is 12.1 Å². The van der Waals surface area contributed by atoms with Crippen LogP contribution in [-0.2, 0) is 6.61 Å². The van der Waals surface area contributed by atoms with Crippen LogP contribution in [0.5, 0.6) is 5.75 Å². The molecular weight excluding hydrogens is 292 g/mol. The van der Waals surface area contributed by atoms with E-state index in [4.69, 9.17) is 21.4 Å². The van der Waals surface area contributed by atoms with E-state index in [1.54, 1.807) is 37.3 Å². The smallest absolute Gasteiger partial charge is 0.335 e. The van der Waals surface area contributed by atoms with E-state index in [-0.39, 0.29) is 12.2 Å². The van der Waals surface area contributed by atoms with Crippen molar-refractivity contribution in [3.05, 3.63) is 64.2 Å². The van der Waals surface area contributed by atoms with Crippen LogP contribution >= 0.6 is 11.6 Å². The van der Waals surface area contributed by atoms with Gasteiger partial charge in [0.1, 0.15) is 12.4 Å². The molecule has 0 aliphatic heterocycles. The van der Waals surface area contributed by atoms with Crippen LogP contribution in [0, 0.1) is 0 Å². The maximum atomic E-state index is 10.8. The van der Waals surface area contributed by atoms with Gasteiger partial charge in [-0.15, -0.1) is 0 Å². The molecule has 1 atom stereocenters. The normalized spacial score (nSPS) is 12.0. The SMILES string of the molecule is C[C@H](O)c1cc(Cl)ccc1OCc1ccc(C(=O)O)cc1. The number of benzene rings is 2. The summed E-state index contributed by atoms with van der Waals surface area (Å²) in [4.78, 5) is 10.8. The third kappa shape index (κ3) is 3.97. The molecule has 2 rings (SSSR count). The lowest BCUT2D eigenvalue weighted by atomic mass is 10.1. The van der Waals surface area contributed by atoms with Gasteiger partial charge < -0.3 is 14.9 Å². The Kier molecular flexibility index (Phi) is 4.83. The summed E-state index contributed by atoms with van der Waals surface area (Å²) in [7, 11) is 0. The Balaban J connectivity index is 2.11. The fourth-order valence-electron chi connectivity index (χ4n) is 1.88. The van der Waals surface area contributed by atoms with Gasteiger partial charge in [0.15, 0.2) is 0 Å². The molecule has 21 heavy (non-hydrogen) atoms. The highest BCUT2D eigenvalue weighted by Gasteiger charge is 2.10. The Morgan fingerprint density at radius 3 is 2.48 bits per heavy atom. The summed E-state index contributed by atoms with van der Waals surface area (Å²) in [5, 5.41) is 19.1. The second-order valence-corrected chi connectivity index (χ2v) is 5.09. The minimum Gasteiger partial charge on any atom is -0.489 e. The molecule has 0 radical (unpaired) electrons. The predicted octanol–water partition coefficient (Wildman–Crippen LogP) is 3.67. The van der Waals surface area contributed by atoms with E-state index >= 15 is 0 Å². The third-order valence-corrected chi connectivity index (χ3v) is 3.25. The Hall–Kier alpha value is -2.04. The Morgan fingerprint density at radius 1 is 1.24 bits per heavy atom. The minimum absolute atomic E-state index is 0.231. The molecule has 2 aromatic carbocycles. The van der Waals surface area contributed by atoms with Gasteiger partial charge in [-0.1, -0.05) is 23.7 Å². The molecule has 110 valence electrons. The molecule has 2 aromatic rings. The van der Waals surface area contributed by atoms with E-state index in [1.165, 1.54) is 12.1 Å². The van der Waals surface area contributed by atoms with Crippen LogP contribution < -0.4 is 4.74 Å². The van der Waals surface area contributed by atoms with Crippen LogP contribution in [0.4, 0.5) is 0 Å². The summed E-state index contributed by atoms with van der Waals surface area (Å²) >= 11 is 5.90. The molecule has 0 saturated carbocycles. The van der Waals surface area contributed by atoms with Gasteiger partial charge in [-0.05, 0) is 42.8 Å². The Morgan fingerprint density at radius 2 is 1.90 bits per heavy atom. The van der Waals surface area contributed by atoms with E-state index in [1.807, 2.05) is 0 Å². The van der Waals surface area contributed by atoms with Crippen molar-refractivity contribution in [2.45, 2.75) is 19.6 Å². The number of carbonyl (C=O) groups is 1. The summed E-state index contributed by atoms with van der Waals surface area (Å²) in [6, 6.07) is 11.5. The maximum absolute atomic E-state index is 10.8. The number of carboxylic acids is 1. The van der Waals surface area contributed by atoms with Crippen LogP contribution in [-0.4, -0.2) is 16.2 Å². The molecule has 5 heteroatoms. The highest BCUT2D eigenvalue weighted by Crippen LogP contribution is 2.28. The lowest BCUT2D eigenvalue weighted by Crippen LogP contribution is -2.02. The first-order chi connectivity index (χ1) is 9.97. The summed E-state index contributed by atoms with van der Waals surface area (Å²) in [5.41, 5.74) is 1.69. The van der Waals surface area contributed by atoms with Gasteiger partial charge in [-0.2, -0.15) is 0 Å². The molecule has 0 aromatic heterocycles. The van der Waals surface area contributed by atoms with Crippen LogP contribution in [0.2, 0.25) is 5.02 Å². The lowest BCUT2D eigenvalue weighted by Gasteiger charge is -2.14. The Labute approximate surface area is 127 Å². The maximum Gasteiger partial charge on any atom is 0.335 e. The van der Waals surface area contributed by atoms with Crippen LogP contribution in [0.1, 0.15) is 34.5 Å². The fourth-order valence-corrected chi connectivity index (χ4v) is 2.06. The first-order valence-corrected chi connectivity index (χ1v) is 6.77. The summed E-state index contributed by atoms with van der Waals surface area (Å²) in [5.74, 6) is -0.409. The molecule has 4 nitrogen and oxygen atoms in total. The van der Waals surface area contributed by atoms with E-state index in [0.29, 0.717) is 16.3 Å². The van der Waals surface area contributed by atoms with Gasteiger partial charge in [-0.3, -0.25) is 0 Å². The molecule has 0 saturated heterocycles. The summed E-state index contributed by atoms with van der Waals surface area (Å²) in [6.07, 6.45) is -0.687. The number of aliphatic hydroxyl groups excluding tert-OH is 1. The minimum atomic E-state index is -0.962. The molecule has 0 amide bonds. The lowest BCUT2D eigenvalue weighted by molar-refractivity contribution is 0.0697. The molecular formula is C16H15ClO4. The van der Waals surface area contributed by atoms with Gasteiger partial charge in [0, 0.05) is 10.6 Å². The summed E-state index contributed by atoms with van der Waals surface area (Å²) in [6.45, 7) is 1.92. The van der Waals surface area contributed by atoms with Gasteiger partial charge in [0.25, 0.3) is 0 Å². The quantitative estimate of drug-likeness (QED) is 0.884. The van der Waals surface area contributed by atoms with Crippen LogP contribution in [0.25, 0.3) is 0 Å². The number of aliphatic hydroxyl groups is 1. The Bertz CT molecular complexity index is 635. The van der Waals surface area contributed by atoms with Crippen molar-refractivity contribution < 1.29 is 19.7 Å². The number of ether oxygens (including phenoxy) is 1. The number of rotatable bonds is 5. The topological polar surface area (TPSA) is 66.8 Å². The number of hydrogen-bond donors (Lipinski definition) is 2. The van der Waals surface area contributed by atoms with E-state index in [9.17, 15) is 9.90 Å². The van der Waals surface area contributed by atoms with Crippen molar-refractivity contribution >= 4 is 17.6 Å². The van der Waals surface area contributed by atoms with Crippen LogP contribution in [0.3, 0.4) is 0 Å². The average Bonchev–Trinajstić information content (AvgIpc) is 2.46. The van der Waals surface area contributed by atoms with Crippen molar-refractivity contribution in [2.24, 2.45) is 0 Å². The predicted molar refractivity (Wildman–Crippen MR) is 79.8 cm³/mol. The summed E-state index contributed by atoms with van der Waals surface area (Å²) < 4.78 is 5.67. The fraction of sp³-hybridized carbons (Fsp3) is 0.188. The number of hydrogen-bond acceptors (Lipinski definition) is 3. The van der Waals surface area contributed by atoms with Crippen molar-refractivity contribution in [1.82, 2.24) is 0 Å². The zero-order valence-corrected chi connectivity index (χ0v) is 12.2. The zero-order chi connectivity index (χ0) is 15.4. The van der Waals surface area contributed by atoms with Crippen molar-refractivity contribution in [1.29, 1.82) is 0 Å². The van der Waals surface area contributed by atoms with E-state index in [2.05, 4.69) is 0 Å². The second kappa shape index (κ2) is 6.61. The number of aromatic carboxylic acids is 1. The monoisotopic (exact) mass is 306 g/mol. The molecule has 0 unspecified atom stereocenters. The largest absolute Gasteiger partial charge is 0.489 e. The van der Waals surface area contributed by atoms with Crippen molar-refractivity contribution in [3.8, 4) is 5.75 Å². The van der Waals surface area contributed by atoms with Crippen molar-refractivity contribution in [3.63, 3.8) is 0 Å². The molecule has 0 aliphatic carbocycles. The highest BCUT2D eigenvalue weighted by atomic mass is 35.5. The zero-order valence-electron chi connectivity index (χ0n) is 11.4. The molecule has 0 spiro atoms. The number of carboxylic acid groups (broad SMARTS) is 1. The standard InChI is InChI=1S/C16H15ClO4/c1-10(18)14-8-13(17)6-7-15(14)21-9-11-2-4-12(5-3-11)16(19)20/h2-8,10,18H,9H2,1H3,(H,19,20)/t10-/m0/s1. The molecule has 2 N–H and O–H groups in total. The molecule has 0 heterocycles. The first kappa shape index (κ1) is 15.4.